The number of unbranched alkanes of at least 4 members (excludes halogenated alkanes) is 9. The van der Waals surface area contributed by atoms with Crippen LogP contribution in [0.4, 0.5) is 0 Å². The van der Waals surface area contributed by atoms with Crippen molar-refractivity contribution in [2.45, 2.75) is 232 Å². The number of carbonyl (C=O) groups excluding carboxylic acids is 8. The van der Waals surface area contributed by atoms with Gasteiger partial charge in [-0.2, -0.15) is 0 Å². The Morgan fingerprint density at radius 3 is 1.72 bits per heavy atom. The molecule has 21 heteroatoms. The molecule has 1 rings (SSSR count). The molecule has 0 bridgehead atoms. The Balaban J connectivity index is 3.29. The predicted octanol–water partition coefficient (Wildman–Crippen LogP) is 1.08. The molecule has 0 saturated carbocycles. The van der Waals surface area contributed by atoms with Crippen LogP contribution in [0.2, 0.25) is 0 Å². The van der Waals surface area contributed by atoms with Crippen molar-refractivity contribution in [1.82, 2.24) is 31.9 Å². The van der Waals surface area contributed by atoms with Crippen LogP contribution in [0.5, 0.6) is 0 Å². The van der Waals surface area contributed by atoms with Gasteiger partial charge in [-0.15, -0.1) is 0 Å². The summed E-state index contributed by atoms with van der Waals surface area (Å²) in [6.45, 7) is 13.0. The van der Waals surface area contributed by atoms with E-state index in [1.54, 1.807) is 27.7 Å². The molecule has 0 aromatic carbocycles. The van der Waals surface area contributed by atoms with Gasteiger partial charge in [0.2, 0.25) is 41.4 Å². The van der Waals surface area contributed by atoms with E-state index >= 15 is 0 Å². The Morgan fingerprint density at radius 2 is 1.19 bits per heavy atom. The van der Waals surface area contributed by atoms with Crippen LogP contribution >= 0.6 is 0 Å². The molecular formula is C47H86N10O11. The van der Waals surface area contributed by atoms with Crippen molar-refractivity contribution in [3.8, 4) is 0 Å². The number of cyclic esters (lactones) is 1. The third-order valence-electron chi connectivity index (χ3n) is 12.0. The Morgan fingerprint density at radius 1 is 0.676 bits per heavy atom. The van der Waals surface area contributed by atoms with E-state index in [4.69, 9.17) is 21.9 Å². The Labute approximate surface area is 403 Å². The van der Waals surface area contributed by atoms with Crippen LogP contribution in [-0.2, 0) is 43.1 Å². The van der Waals surface area contributed by atoms with Crippen LogP contribution in [-0.4, -0.2) is 124 Å². The van der Waals surface area contributed by atoms with Gasteiger partial charge < -0.3 is 64.1 Å². The van der Waals surface area contributed by atoms with Gasteiger partial charge in [0.15, 0.2) is 5.96 Å². The molecule has 1 heterocycles. The molecule has 390 valence electrons. The molecule has 1 aliphatic rings. The highest BCUT2D eigenvalue weighted by Crippen LogP contribution is 2.18. The molecule has 0 aliphatic carbocycles. The van der Waals surface area contributed by atoms with Gasteiger partial charge in [0, 0.05) is 0 Å². The lowest BCUT2D eigenvalue weighted by Gasteiger charge is -2.30. The summed E-state index contributed by atoms with van der Waals surface area (Å²) in [6, 6.07) is -8.95. The van der Waals surface area contributed by atoms with E-state index in [-0.39, 0.29) is 30.8 Å². The quantitative estimate of drug-likeness (QED) is 0.0251. The van der Waals surface area contributed by atoms with Crippen molar-refractivity contribution in [3.63, 3.8) is 0 Å². The van der Waals surface area contributed by atoms with E-state index in [1.807, 2.05) is 0 Å². The fraction of sp³-hybridized carbons (Fsp3) is 0.809. The monoisotopic (exact) mass is 967 g/mol. The largest absolute Gasteiger partial charge is 0.458 e. The van der Waals surface area contributed by atoms with E-state index in [0.29, 0.717) is 12.8 Å². The molecule has 14 N–H and O–H groups in total. The number of aliphatic hydroxyl groups is 2. The zero-order chi connectivity index (χ0) is 51.5. The highest BCUT2D eigenvalue weighted by molar-refractivity contribution is 5.98. The molecule has 0 radical (unpaired) electrons. The third kappa shape index (κ3) is 24.3. The third-order valence-corrected chi connectivity index (χ3v) is 12.0. The van der Waals surface area contributed by atoms with Crippen molar-refractivity contribution in [2.75, 3.05) is 0 Å². The second-order valence-corrected chi connectivity index (χ2v) is 18.9. The number of nitrogens with two attached hydrogens (primary N) is 3. The molecule has 1 saturated heterocycles. The van der Waals surface area contributed by atoms with Gasteiger partial charge in [-0.3, -0.25) is 38.6 Å². The number of rotatable bonds is 26. The highest BCUT2D eigenvalue weighted by Gasteiger charge is 2.38. The SMILES string of the molecule is CCCCCCCCCC(CCCCCCC(O)CC(=O)NC1C(=O)NC(CC(C)C)C(=O)N[C@@H]([C@@H](C)CC)C(=O)N[C@H]([C@H](C)O)C(=O)NC(CC(N)=O)C(=O)N[C@H](C)C(=O)OC1C)N=C(N)N. The van der Waals surface area contributed by atoms with Gasteiger partial charge >= 0.3 is 5.97 Å². The van der Waals surface area contributed by atoms with Crippen LogP contribution in [0.1, 0.15) is 171 Å². The summed E-state index contributed by atoms with van der Waals surface area (Å²) in [6.07, 6.45) is 8.85. The molecule has 0 spiro atoms. The lowest BCUT2D eigenvalue weighted by Crippen LogP contribution is -2.62. The number of ether oxygens (including phenoxy) is 1. The number of nitrogens with zero attached hydrogens (tertiary/aromatic N) is 1. The number of esters is 1. The number of amides is 7. The number of hydrogen-bond donors (Lipinski definition) is 11. The Hall–Kier alpha value is -5.05. The van der Waals surface area contributed by atoms with Gasteiger partial charge in [0.25, 0.3) is 0 Å². The average Bonchev–Trinajstić information content (AvgIpc) is 3.25. The van der Waals surface area contributed by atoms with Crippen molar-refractivity contribution in [3.05, 3.63) is 0 Å². The zero-order valence-corrected chi connectivity index (χ0v) is 41.9. The smallest absolute Gasteiger partial charge is 0.328 e. The van der Waals surface area contributed by atoms with Gasteiger partial charge in [-0.05, 0) is 58.3 Å². The fourth-order valence-electron chi connectivity index (χ4n) is 7.85. The van der Waals surface area contributed by atoms with Gasteiger partial charge in [0.1, 0.15) is 42.4 Å². The van der Waals surface area contributed by atoms with Crippen molar-refractivity contribution in [1.29, 1.82) is 0 Å². The Kier molecular flexibility index (Phi) is 29.3. The molecule has 21 nitrogen and oxygen atoms in total. The van der Waals surface area contributed by atoms with Crippen molar-refractivity contribution in [2.24, 2.45) is 34.0 Å². The summed E-state index contributed by atoms with van der Waals surface area (Å²) in [5.41, 5.74) is 16.8. The lowest BCUT2D eigenvalue weighted by atomic mass is 9.96. The maximum Gasteiger partial charge on any atom is 0.328 e. The van der Waals surface area contributed by atoms with E-state index in [1.165, 1.54) is 52.9 Å². The maximum atomic E-state index is 14.2. The first-order valence-electron chi connectivity index (χ1n) is 24.8. The topological polar surface area (TPSA) is 349 Å². The number of carbonyl (C=O) groups is 8. The standard InChI is InChI=1S/C47H86N10O11/c1-9-11-12-13-14-15-18-21-32(52-47(49)50)22-19-16-17-20-23-33(59)25-37(61)55-40-31(8)68-46(67)29(6)51-41(62)35(26-36(48)60)54-44(65)39(30(7)58)57-43(64)38(28(5)10-2)56-42(63)34(24-27(3)4)53-45(40)66/h27-35,38-40,58-59H,9-26H2,1-8H3,(H2,48,60)(H,51,62)(H,53,66)(H,54,65)(H,55,61)(H,56,63)(H,57,64)(H4,49,50,52)/t28-,29+,30-,31?,32?,33?,34?,35?,38-,39+,40?/m0/s1. The fourth-order valence-corrected chi connectivity index (χ4v) is 7.85. The van der Waals surface area contributed by atoms with Crippen LogP contribution in [0, 0.1) is 11.8 Å². The summed E-state index contributed by atoms with van der Waals surface area (Å²) in [4.78, 5) is 112. The van der Waals surface area contributed by atoms with Gasteiger partial charge in [0.05, 0.1) is 31.1 Å². The van der Waals surface area contributed by atoms with Crippen LogP contribution in [0.3, 0.4) is 0 Å². The molecular weight excluding hydrogens is 881 g/mol. The first-order chi connectivity index (χ1) is 32.0. The predicted molar refractivity (Wildman–Crippen MR) is 258 cm³/mol. The molecule has 11 atom stereocenters. The molecule has 7 amide bonds. The van der Waals surface area contributed by atoms with Crippen LogP contribution in [0.25, 0.3) is 0 Å². The van der Waals surface area contributed by atoms with Crippen molar-refractivity contribution >= 4 is 53.3 Å². The zero-order valence-electron chi connectivity index (χ0n) is 41.9. The number of hydrogen-bond acceptors (Lipinski definition) is 12. The second kappa shape index (κ2) is 32.7. The number of aliphatic hydroxyl groups excluding tert-OH is 2. The van der Waals surface area contributed by atoms with E-state index in [2.05, 4.69) is 43.8 Å². The molecule has 68 heavy (non-hydrogen) atoms. The van der Waals surface area contributed by atoms with E-state index in [9.17, 15) is 48.6 Å². The average molecular weight is 967 g/mol. The maximum absolute atomic E-state index is 14.2. The second-order valence-electron chi connectivity index (χ2n) is 18.9. The van der Waals surface area contributed by atoms with Crippen LogP contribution < -0.4 is 49.1 Å². The van der Waals surface area contributed by atoms with Gasteiger partial charge in [-0.25, -0.2) is 4.79 Å². The number of primary amides is 1. The summed E-state index contributed by atoms with van der Waals surface area (Å²) in [5.74, 6) is -8.17. The minimum Gasteiger partial charge on any atom is -0.458 e. The summed E-state index contributed by atoms with van der Waals surface area (Å²) in [5, 5.41) is 36.3. The molecule has 6 unspecified atom stereocenters. The van der Waals surface area contributed by atoms with Crippen molar-refractivity contribution < 1.29 is 53.3 Å². The summed E-state index contributed by atoms with van der Waals surface area (Å²) < 4.78 is 5.58. The lowest BCUT2D eigenvalue weighted by molar-refractivity contribution is -0.155. The van der Waals surface area contributed by atoms with E-state index < -0.39 is 121 Å². The van der Waals surface area contributed by atoms with E-state index in [0.717, 1.165) is 44.9 Å². The van der Waals surface area contributed by atoms with Gasteiger partial charge in [-0.1, -0.05) is 112 Å². The highest BCUT2D eigenvalue weighted by atomic mass is 16.5. The van der Waals surface area contributed by atoms with Crippen LogP contribution in [0.15, 0.2) is 4.99 Å². The first kappa shape index (κ1) is 61.0. The summed E-state index contributed by atoms with van der Waals surface area (Å²) >= 11 is 0. The number of aliphatic imine (C=N–C) groups is 1. The Bertz CT molecular complexity index is 1640. The number of guanidine groups is 1. The minimum atomic E-state index is -1.68. The molecule has 0 aromatic rings. The first-order valence-corrected chi connectivity index (χ1v) is 24.8. The number of nitrogens with one attached hydrogen (secondary N) is 6. The molecule has 0 aromatic heterocycles. The molecule has 1 aliphatic heterocycles. The minimum absolute atomic E-state index is 0.0517. The molecule has 1 fully saturated rings. The summed E-state index contributed by atoms with van der Waals surface area (Å²) in [7, 11) is 0. The normalized spacial score (nSPS) is 24.2.